The average Bonchev–Trinajstić information content (AvgIpc) is 2.84. The molecule has 146 valence electrons. The predicted molar refractivity (Wildman–Crippen MR) is 113 cm³/mol. The highest BCUT2D eigenvalue weighted by atomic mass is 127. The van der Waals surface area contributed by atoms with Crippen molar-refractivity contribution in [2.45, 2.75) is 59.5 Å². The first-order valence-corrected chi connectivity index (χ1v) is 8.82. The number of aromatic nitrogens is 3. The summed E-state index contributed by atoms with van der Waals surface area (Å²) in [4.78, 5) is 4.64. The normalized spacial score (nSPS) is 12.8. The molecule has 25 heavy (non-hydrogen) atoms. The van der Waals surface area contributed by atoms with Gasteiger partial charge in [0.2, 0.25) is 0 Å². The summed E-state index contributed by atoms with van der Waals surface area (Å²) in [6.07, 6.45) is 3.61. The van der Waals surface area contributed by atoms with Crippen molar-refractivity contribution in [1.29, 1.82) is 0 Å². The maximum atomic E-state index is 5.10. The number of methoxy groups -OCH3 is 1. The molecule has 1 aromatic rings. The van der Waals surface area contributed by atoms with E-state index in [0.29, 0.717) is 19.2 Å². The Morgan fingerprint density at radius 3 is 2.52 bits per heavy atom. The SMILES string of the molecule is COCCNC(=NCc1nnc(C)n1C)NC(C)CCCC(C)C.I. The first-order chi connectivity index (χ1) is 11.4. The largest absolute Gasteiger partial charge is 0.383 e. The summed E-state index contributed by atoms with van der Waals surface area (Å²) in [5.41, 5.74) is 0. The minimum atomic E-state index is 0. The number of hydrogen-bond acceptors (Lipinski definition) is 4. The van der Waals surface area contributed by atoms with E-state index in [1.165, 1.54) is 12.8 Å². The van der Waals surface area contributed by atoms with Crippen LogP contribution in [0.2, 0.25) is 0 Å². The molecule has 0 bridgehead atoms. The van der Waals surface area contributed by atoms with Crippen LogP contribution in [0, 0.1) is 12.8 Å². The number of aliphatic imine (C=N–C) groups is 1. The van der Waals surface area contributed by atoms with E-state index in [0.717, 1.165) is 36.5 Å². The Morgan fingerprint density at radius 2 is 1.96 bits per heavy atom. The van der Waals surface area contributed by atoms with Crippen molar-refractivity contribution in [2.75, 3.05) is 20.3 Å². The Morgan fingerprint density at radius 1 is 1.24 bits per heavy atom. The number of guanidine groups is 1. The van der Waals surface area contributed by atoms with Gasteiger partial charge in [0.05, 0.1) is 6.61 Å². The zero-order valence-electron chi connectivity index (χ0n) is 16.5. The molecule has 0 aromatic carbocycles. The lowest BCUT2D eigenvalue weighted by atomic mass is 10.0. The molecule has 0 fully saturated rings. The highest BCUT2D eigenvalue weighted by molar-refractivity contribution is 14.0. The fourth-order valence-corrected chi connectivity index (χ4v) is 2.30. The first kappa shape index (κ1) is 24.1. The summed E-state index contributed by atoms with van der Waals surface area (Å²) >= 11 is 0. The summed E-state index contributed by atoms with van der Waals surface area (Å²) in [6, 6.07) is 0.374. The van der Waals surface area contributed by atoms with Gasteiger partial charge < -0.3 is 19.9 Å². The Balaban J connectivity index is 0.00000576. The van der Waals surface area contributed by atoms with Crippen LogP contribution in [0.4, 0.5) is 0 Å². The van der Waals surface area contributed by atoms with Gasteiger partial charge in [-0.05, 0) is 26.2 Å². The third kappa shape index (κ3) is 9.98. The molecule has 1 unspecified atom stereocenters. The number of nitrogens with one attached hydrogen (secondary N) is 2. The average molecular weight is 466 g/mol. The predicted octanol–water partition coefficient (Wildman–Crippen LogP) is 2.64. The first-order valence-electron chi connectivity index (χ1n) is 8.82. The number of ether oxygens (including phenoxy) is 1. The molecule has 0 aliphatic heterocycles. The second kappa shape index (κ2) is 13.3. The van der Waals surface area contributed by atoms with E-state index in [-0.39, 0.29) is 24.0 Å². The Bertz CT molecular complexity index is 503. The maximum absolute atomic E-state index is 5.10. The van der Waals surface area contributed by atoms with E-state index < -0.39 is 0 Å². The summed E-state index contributed by atoms with van der Waals surface area (Å²) in [5.74, 6) is 3.30. The second-order valence-corrected chi connectivity index (χ2v) is 6.68. The Kier molecular flexibility index (Phi) is 12.8. The van der Waals surface area contributed by atoms with Crippen molar-refractivity contribution >= 4 is 29.9 Å². The molecule has 0 saturated heterocycles. The van der Waals surface area contributed by atoms with Crippen LogP contribution in [0.15, 0.2) is 4.99 Å². The standard InChI is InChI=1S/C17H34N6O.HI/c1-13(2)8-7-9-14(3)20-17(18-10-11-24-6)19-12-16-22-21-15(4)23(16)5;/h13-14H,7-12H2,1-6H3,(H2,18,19,20);1H. The lowest BCUT2D eigenvalue weighted by molar-refractivity contribution is 0.203. The van der Waals surface area contributed by atoms with Crippen LogP contribution in [0.5, 0.6) is 0 Å². The molecule has 1 atom stereocenters. The van der Waals surface area contributed by atoms with Gasteiger partial charge in [0.15, 0.2) is 11.8 Å². The van der Waals surface area contributed by atoms with E-state index in [9.17, 15) is 0 Å². The van der Waals surface area contributed by atoms with Gasteiger partial charge in [0, 0.05) is 26.7 Å². The number of halogens is 1. The highest BCUT2D eigenvalue weighted by Gasteiger charge is 2.08. The van der Waals surface area contributed by atoms with Crippen LogP contribution >= 0.6 is 24.0 Å². The van der Waals surface area contributed by atoms with Crippen LogP contribution in [0.1, 0.15) is 51.7 Å². The summed E-state index contributed by atoms with van der Waals surface area (Å²) < 4.78 is 7.06. The van der Waals surface area contributed by atoms with E-state index >= 15 is 0 Å². The molecule has 1 heterocycles. The second-order valence-electron chi connectivity index (χ2n) is 6.68. The third-order valence-corrected chi connectivity index (χ3v) is 3.96. The summed E-state index contributed by atoms with van der Waals surface area (Å²) in [7, 11) is 3.66. The van der Waals surface area contributed by atoms with Crippen molar-refractivity contribution in [3.05, 3.63) is 11.6 Å². The highest BCUT2D eigenvalue weighted by Crippen LogP contribution is 2.08. The van der Waals surface area contributed by atoms with E-state index in [1.54, 1.807) is 7.11 Å². The van der Waals surface area contributed by atoms with Crippen molar-refractivity contribution in [3.8, 4) is 0 Å². The van der Waals surface area contributed by atoms with Gasteiger partial charge in [-0.25, -0.2) is 4.99 Å². The van der Waals surface area contributed by atoms with E-state index in [2.05, 4.69) is 46.6 Å². The molecular weight excluding hydrogens is 431 g/mol. The fraction of sp³-hybridized carbons (Fsp3) is 0.824. The van der Waals surface area contributed by atoms with E-state index in [1.807, 2.05) is 18.5 Å². The quantitative estimate of drug-likeness (QED) is 0.240. The molecule has 0 amide bonds. The van der Waals surface area contributed by atoms with E-state index in [4.69, 9.17) is 4.74 Å². The van der Waals surface area contributed by atoms with Gasteiger partial charge in [-0.2, -0.15) is 0 Å². The molecular formula is C17H35IN6O. The molecule has 0 spiro atoms. The monoisotopic (exact) mass is 466 g/mol. The third-order valence-electron chi connectivity index (χ3n) is 3.96. The summed E-state index contributed by atoms with van der Waals surface area (Å²) in [6.45, 7) is 10.5. The van der Waals surface area contributed by atoms with Crippen molar-refractivity contribution in [2.24, 2.45) is 18.0 Å². The number of hydrogen-bond donors (Lipinski definition) is 2. The number of rotatable bonds is 10. The van der Waals surface area contributed by atoms with Gasteiger partial charge >= 0.3 is 0 Å². The minimum absolute atomic E-state index is 0. The lowest BCUT2D eigenvalue weighted by Gasteiger charge is -2.18. The van der Waals surface area contributed by atoms with Crippen LogP contribution in [-0.4, -0.2) is 47.0 Å². The molecule has 7 nitrogen and oxygen atoms in total. The molecule has 0 aliphatic carbocycles. The zero-order chi connectivity index (χ0) is 17.9. The van der Waals surface area contributed by atoms with Gasteiger partial charge in [-0.15, -0.1) is 34.2 Å². The van der Waals surface area contributed by atoms with Crippen molar-refractivity contribution in [3.63, 3.8) is 0 Å². The Hall–Kier alpha value is -0.900. The molecule has 2 N–H and O–H groups in total. The zero-order valence-corrected chi connectivity index (χ0v) is 18.8. The fourth-order valence-electron chi connectivity index (χ4n) is 2.30. The lowest BCUT2D eigenvalue weighted by Crippen LogP contribution is -2.43. The molecule has 1 rings (SSSR count). The van der Waals surface area contributed by atoms with Crippen molar-refractivity contribution < 1.29 is 4.74 Å². The van der Waals surface area contributed by atoms with Crippen molar-refractivity contribution in [1.82, 2.24) is 25.4 Å². The van der Waals surface area contributed by atoms with Gasteiger partial charge in [-0.1, -0.05) is 26.7 Å². The molecule has 1 aromatic heterocycles. The van der Waals surface area contributed by atoms with Crippen LogP contribution < -0.4 is 10.6 Å². The van der Waals surface area contributed by atoms with Gasteiger partial charge in [0.1, 0.15) is 12.4 Å². The van der Waals surface area contributed by atoms with Gasteiger partial charge in [-0.3, -0.25) is 0 Å². The van der Waals surface area contributed by atoms with Crippen LogP contribution in [0.25, 0.3) is 0 Å². The maximum Gasteiger partial charge on any atom is 0.191 e. The topological polar surface area (TPSA) is 76.4 Å². The summed E-state index contributed by atoms with van der Waals surface area (Å²) in [5, 5.41) is 15.0. The smallest absolute Gasteiger partial charge is 0.191 e. The molecule has 0 radical (unpaired) electrons. The molecule has 0 aliphatic rings. The molecule has 8 heteroatoms. The number of nitrogens with zero attached hydrogens (tertiary/aromatic N) is 4. The van der Waals surface area contributed by atoms with Crippen LogP contribution in [-0.2, 0) is 18.3 Å². The van der Waals surface area contributed by atoms with Gasteiger partial charge in [0.25, 0.3) is 0 Å². The number of aryl methyl sites for hydroxylation is 1. The minimum Gasteiger partial charge on any atom is -0.383 e. The Labute approximate surface area is 169 Å². The van der Waals surface area contributed by atoms with Crippen LogP contribution in [0.3, 0.4) is 0 Å². The molecule has 0 saturated carbocycles.